The Morgan fingerprint density at radius 3 is 2.50 bits per heavy atom. The lowest BCUT2D eigenvalue weighted by Gasteiger charge is -2.32. The van der Waals surface area contributed by atoms with E-state index in [-0.39, 0.29) is 23.7 Å². The summed E-state index contributed by atoms with van der Waals surface area (Å²) in [6, 6.07) is 0.101. The number of rotatable bonds is 3. The third kappa shape index (κ3) is 2.81. The molecule has 0 unspecified atom stereocenters. The van der Waals surface area contributed by atoms with Gasteiger partial charge in [0.05, 0.1) is 0 Å². The monoisotopic (exact) mass is 277 g/mol. The summed E-state index contributed by atoms with van der Waals surface area (Å²) in [5.41, 5.74) is 0. The van der Waals surface area contributed by atoms with Gasteiger partial charge in [0.1, 0.15) is 5.82 Å². The van der Waals surface area contributed by atoms with Crippen molar-refractivity contribution >= 4 is 11.8 Å². The minimum Gasteiger partial charge on any atom is -0.346 e. The van der Waals surface area contributed by atoms with Crippen LogP contribution in [0.5, 0.6) is 0 Å². The maximum Gasteiger partial charge on any atom is 0.291 e. The van der Waals surface area contributed by atoms with Gasteiger partial charge in [-0.25, -0.2) is 4.98 Å². The molecule has 1 aromatic rings. The van der Waals surface area contributed by atoms with E-state index >= 15 is 0 Å². The normalized spacial score (nSPS) is 19.9. The first-order valence-electron chi connectivity index (χ1n) is 7.12. The van der Waals surface area contributed by atoms with Gasteiger partial charge in [0.2, 0.25) is 11.7 Å². The second kappa shape index (κ2) is 5.22. The average molecular weight is 277 g/mol. The van der Waals surface area contributed by atoms with Crippen molar-refractivity contribution in [1.82, 2.24) is 25.4 Å². The van der Waals surface area contributed by atoms with Crippen molar-refractivity contribution < 1.29 is 9.59 Å². The van der Waals surface area contributed by atoms with E-state index < -0.39 is 0 Å². The van der Waals surface area contributed by atoms with Gasteiger partial charge in [-0.2, -0.15) is 0 Å². The summed E-state index contributed by atoms with van der Waals surface area (Å²) in [7, 11) is 0. The SMILES string of the molecule is Cc1nc(C(=O)NC2CCN(C(=O)C3CC3)CC2)n[nH]1. The van der Waals surface area contributed by atoms with Gasteiger partial charge in [0.25, 0.3) is 5.91 Å². The predicted octanol–water partition coefficient (Wildman–Crippen LogP) is 0.244. The van der Waals surface area contributed by atoms with E-state index in [9.17, 15) is 9.59 Å². The van der Waals surface area contributed by atoms with Crippen molar-refractivity contribution in [3.8, 4) is 0 Å². The first-order valence-corrected chi connectivity index (χ1v) is 7.12. The fraction of sp³-hybridized carbons (Fsp3) is 0.692. The number of hydrogen-bond donors (Lipinski definition) is 2. The average Bonchev–Trinajstić information content (AvgIpc) is 3.20. The molecule has 2 aliphatic rings. The number of hydrogen-bond acceptors (Lipinski definition) is 4. The van der Waals surface area contributed by atoms with Crippen molar-refractivity contribution in [2.75, 3.05) is 13.1 Å². The highest BCUT2D eigenvalue weighted by Crippen LogP contribution is 2.31. The maximum absolute atomic E-state index is 11.9. The van der Waals surface area contributed by atoms with Gasteiger partial charge in [-0.15, -0.1) is 5.10 Å². The number of amides is 2. The number of carbonyl (C=O) groups excluding carboxylic acids is 2. The van der Waals surface area contributed by atoms with Crippen LogP contribution in [0, 0.1) is 12.8 Å². The zero-order valence-electron chi connectivity index (χ0n) is 11.6. The molecule has 1 aliphatic carbocycles. The van der Waals surface area contributed by atoms with E-state index in [2.05, 4.69) is 20.5 Å². The number of aryl methyl sites for hydroxylation is 1. The smallest absolute Gasteiger partial charge is 0.291 e. The molecule has 1 saturated carbocycles. The highest BCUT2D eigenvalue weighted by atomic mass is 16.2. The Morgan fingerprint density at radius 2 is 1.95 bits per heavy atom. The Labute approximate surface area is 117 Å². The maximum atomic E-state index is 11.9. The van der Waals surface area contributed by atoms with E-state index in [1.807, 2.05) is 4.90 Å². The molecule has 0 radical (unpaired) electrons. The van der Waals surface area contributed by atoms with Crippen LogP contribution in [0.1, 0.15) is 42.1 Å². The number of aromatic nitrogens is 3. The zero-order valence-corrected chi connectivity index (χ0v) is 11.6. The highest BCUT2D eigenvalue weighted by Gasteiger charge is 2.35. The van der Waals surface area contributed by atoms with Gasteiger partial charge in [0.15, 0.2) is 0 Å². The summed E-state index contributed by atoms with van der Waals surface area (Å²) in [5.74, 6) is 1.12. The molecular weight excluding hydrogens is 258 g/mol. The van der Waals surface area contributed by atoms with Crippen molar-refractivity contribution in [3.63, 3.8) is 0 Å². The van der Waals surface area contributed by atoms with E-state index in [0.29, 0.717) is 11.7 Å². The molecule has 7 heteroatoms. The number of aromatic amines is 1. The Kier molecular flexibility index (Phi) is 3.42. The number of piperidine rings is 1. The molecule has 2 heterocycles. The summed E-state index contributed by atoms with van der Waals surface area (Å²) < 4.78 is 0. The molecule has 1 aliphatic heterocycles. The molecule has 0 aromatic carbocycles. The fourth-order valence-corrected chi connectivity index (χ4v) is 2.53. The van der Waals surface area contributed by atoms with E-state index in [1.165, 1.54) is 0 Å². The van der Waals surface area contributed by atoms with Crippen molar-refractivity contribution in [3.05, 3.63) is 11.6 Å². The molecule has 108 valence electrons. The molecule has 0 atom stereocenters. The Hall–Kier alpha value is -1.92. The van der Waals surface area contributed by atoms with Crippen LogP contribution in [0.3, 0.4) is 0 Å². The van der Waals surface area contributed by atoms with E-state index in [0.717, 1.165) is 38.8 Å². The summed E-state index contributed by atoms with van der Waals surface area (Å²) in [6.45, 7) is 3.21. The van der Waals surface area contributed by atoms with Gasteiger partial charge in [-0.05, 0) is 32.6 Å². The lowest BCUT2D eigenvalue weighted by atomic mass is 10.0. The van der Waals surface area contributed by atoms with Gasteiger partial charge in [-0.1, -0.05) is 0 Å². The van der Waals surface area contributed by atoms with Gasteiger partial charge in [0, 0.05) is 25.0 Å². The lowest BCUT2D eigenvalue weighted by Crippen LogP contribution is -2.47. The molecule has 0 bridgehead atoms. The summed E-state index contributed by atoms with van der Waals surface area (Å²) in [4.78, 5) is 29.8. The van der Waals surface area contributed by atoms with Crippen molar-refractivity contribution in [2.45, 2.75) is 38.6 Å². The largest absolute Gasteiger partial charge is 0.346 e. The topological polar surface area (TPSA) is 91.0 Å². The summed E-state index contributed by atoms with van der Waals surface area (Å²) >= 11 is 0. The molecule has 1 aromatic heterocycles. The van der Waals surface area contributed by atoms with Crippen LogP contribution in [0.2, 0.25) is 0 Å². The molecule has 2 N–H and O–H groups in total. The standard InChI is InChI=1S/C13H19N5O2/c1-8-14-11(17-16-8)12(19)15-10-4-6-18(7-5-10)13(20)9-2-3-9/h9-10H,2-7H2,1H3,(H,15,19)(H,14,16,17). The quantitative estimate of drug-likeness (QED) is 0.828. The first kappa shape index (κ1) is 13.1. The fourth-order valence-electron chi connectivity index (χ4n) is 2.53. The first-order chi connectivity index (χ1) is 9.63. The second-order valence-corrected chi connectivity index (χ2v) is 5.59. The minimum absolute atomic E-state index is 0.101. The summed E-state index contributed by atoms with van der Waals surface area (Å²) in [6.07, 6.45) is 3.68. The number of carbonyl (C=O) groups is 2. The van der Waals surface area contributed by atoms with Crippen LogP contribution in [0.4, 0.5) is 0 Å². The number of likely N-dealkylation sites (tertiary alicyclic amines) is 1. The molecule has 2 amide bonds. The van der Waals surface area contributed by atoms with E-state index in [1.54, 1.807) is 6.92 Å². The minimum atomic E-state index is -0.249. The number of H-pyrrole nitrogens is 1. The van der Waals surface area contributed by atoms with Crippen LogP contribution < -0.4 is 5.32 Å². The zero-order chi connectivity index (χ0) is 14.1. The molecule has 20 heavy (non-hydrogen) atoms. The molecule has 3 rings (SSSR count). The van der Waals surface area contributed by atoms with Gasteiger partial charge in [-0.3, -0.25) is 14.7 Å². The van der Waals surface area contributed by atoms with Crippen LogP contribution in [-0.2, 0) is 4.79 Å². The molecule has 2 fully saturated rings. The lowest BCUT2D eigenvalue weighted by molar-refractivity contribution is -0.133. The van der Waals surface area contributed by atoms with Crippen LogP contribution >= 0.6 is 0 Å². The Bertz CT molecular complexity index is 515. The highest BCUT2D eigenvalue weighted by molar-refractivity contribution is 5.90. The Morgan fingerprint density at radius 1 is 1.25 bits per heavy atom. The van der Waals surface area contributed by atoms with Gasteiger partial charge >= 0.3 is 0 Å². The van der Waals surface area contributed by atoms with Crippen LogP contribution in [0.25, 0.3) is 0 Å². The van der Waals surface area contributed by atoms with E-state index in [4.69, 9.17) is 0 Å². The molecular formula is C13H19N5O2. The van der Waals surface area contributed by atoms with Gasteiger partial charge < -0.3 is 10.2 Å². The van der Waals surface area contributed by atoms with Crippen molar-refractivity contribution in [1.29, 1.82) is 0 Å². The molecule has 0 spiro atoms. The summed E-state index contributed by atoms with van der Waals surface area (Å²) in [5, 5.41) is 9.43. The molecule has 1 saturated heterocycles. The van der Waals surface area contributed by atoms with Crippen molar-refractivity contribution in [2.24, 2.45) is 5.92 Å². The number of nitrogens with one attached hydrogen (secondary N) is 2. The number of nitrogens with zero attached hydrogens (tertiary/aromatic N) is 3. The Balaban J connectivity index is 1.48. The third-order valence-electron chi connectivity index (χ3n) is 3.87. The second-order valence-electron chi connectivity index (χ2n) is 5.59. The third-order valence-corrected chi connectivity index (χ3v) is 3.87. The van der Waals surface area contributed by atoms with Crippen LogP contribution in [0.15, 0.2) is 0 Å². The molecule has 7 nitrogen and oxygen atoms in total. The van der Waals surface area contributed by atoms with Crippen LogP contribution in [-0.4, -0.2) is 51.0 Å². The predicted molar refractivity (Wildman–Crippen MR) is 70.9 cm³/mol.